The Hall–Kier alpha value is -2.63. The molecule has 2 heterocycles. The van der Waals surface area contributed by atoms with Gasteiger partial charge in [0.25, 0.3) is 11.5 Å². The molecule has 1 saturated heterocycles. The number of hydrogen-bond acceptors (Lipinski definition) is 3. The number of amides is 1. The molecule has 1 aromatic heterocycles. The number of fused-ring (bicyclic) bond motifs is 2. The third-order valence-corrected chi connectivity index (χ3v) is 6.21. The number of carbonyl (C=O) groups excluding carboxylic acids is 1. The van der Waals surface area contributed by atoms with Crippen LogP contribution in [0.5, 0.6) is 0 Å². The number of piperidine rings is 1. The molecular formula is C20H23N3O3. The summed E-state index contributed by atoms with van der Waals surface area (Å²) < 4.78 is 2.27. The normalized spacial score (nSPS) is 18.2. The molecule has 1 amide bonds. The molecule has 1 aromatic carbocycles. The number of likely N-dealkylation sites (tertiary alicyclic amines) is 1. The van der Waals surface area contributed by atoms with Crippen molar-refractivity contribution in [3.8, 4) is 0 Å². The van der Waals surface area contributed by atoms with Crippen LogP contribution in [0.3, 0.4) is 0 Å². The third-order valence-electron chi connectivity index (χ3n) is 6.21. The first-order chi connectivity index (χ1) is 12.4. The molecule has 4 rings (SSSR count). The van der Waals surface area contributed by atoms with E-state index < -0.39 is 11.2 Å². The van der Waals surface area contributed by atoms with E-state index in [0.29, 0.717) is 13.1 Å². The van der Waals surface area contributed by atoms with Crippen molar-refractivity contribution in [3.63, 3.8) is 0 Å². The van der Waals surface area contributed by atoms with Crippen LogP contribution < -0.4 is 11.2 Å². The van der Waals surface area contributed by atoms with E-state index in [-0.39, 0.29) is 17.0 Å². The first-order valence-corrected chi connectivity index (χ1v) is 9.08. The molecule has 26 heavy (non-hydrogen) atoms. The van der Waals surface area contributed by atoms with E-state index in [9.17, 15) is 14.4 Å². The van der Waals surface area contributed by atoms with E-state index in [2.05, 4.69) is 24.3 Å². The number of rotatable bonds is 1. The lowest BCUT2D eigenvalue weighted by Crippen LogP contribution is -2.47. The van der Waals surface area contributed by atoms with Gasteiger partial charge in [0.2, 0.25) is 0 Å². The zero-order valence-corrected chi connectivity index (χ0v) is 15.2. The lowest BCUT2D eigenvalue weighted by Gasteiger charge is -2.40. The summed E-state index contributed by atoms with van der Waals surface area (Å²) >= 11 is 0. The molecule has 1 fully saturated rings. The maximum atomic E-state index is 12.9. The van der Waals surface area contributed by atoms with Crippen molar-refractivity contribution in [1.29, 1.82) is 0 Å². The van der Waals surface area contributed by atoms with E-state index in [1.807, 2.05) is 0 Å². The first-order valence-electron chi connectivity index (χ1n) is 9.08. The van der Waals surface area contributed by atoms with Gasteiger partial charge in [-0.3, -0.25) is 18.7 Å². The van der Waals surface area contributed by atoms with Crippen molar-refractivity contribution in [3.05, 3.63) is 68.0 Å². The van der Waals surface area contributed by atoms with Crippen LogP contribution in [0.4, 0.5) is 0 Å². The van der Waals surface area contributed by atoms with Crippen molar-refractivity contribution in [1.82, 2.24) is 14.0 Å². The quantitative estimate of drug-likeness (QED) is 0.774. The van der Waals surface area contributed by atoms with Gasteiger partial charge < -0.3 is 4.90 Å². The van der Waals surface area contributed by atoms with Crippen molar-refractivity contribution < 1.29 is 4.79 Å². The van der Waals surface area contributed by atoms with E-state index in [1.165, 1.54) is 35.9 Å². The van der Waals surface area contributed by atoms with Gasteiger partial charge in [-0.2, -0.15) is 0 Å². The Kier molecular flexibility index (Phi) is 3.86. The second-order valence-electron chi connectivity index (χ2n) is 7.50. The summed E-state index contributed by atoms with van der Waals surface area (Å²) in [6, 6.07) is 9.88. The first kappa shape index (κ1) is 16.8. The second-order valence-corrected chi connectivity index (χ2v) is 7.50. The molecule has 6 heteroatoms. The fraction of sp³-hybridized carbons (Fsp3) is 0.450. The molecular weight excluding hydrogens is 330 g/mol. The van der Waals surface area contributed by atoms with Crippen LogP contribution in [0, 0.1) is 0 Å². The molecule has 0 radical (unpaired) electrons. The molecule has 0 unspecified atom stereocenters. The van der Waals surface area contributed by atoms with Crippen molar-refractivity contribution >= 4 is 5.91 Å². The van der Waals surface area contributed by atoms with Crippen LogP contribution in [-0.2, 0) is 25.9 Å². The Bertz CT molecular complexity index is 994. The summed E-state index contributed by atoms with van der Waals surface area (Å²) in [5.41, 5.74) is 2.29. The van der Waals surface area contributed by atoms with Gasteiger partial charge in [0.15, 0.2) is 0 Å². The molecule has 1 aliphatic carbocycles. The summed E-state index contributed by atoms with van der Waals surface area (Å²) in [6.45, 7) is 1.30. The predicted octanol–water partition coefficient (Wildman–Crippen LogP) is 1.20. The smallest absolute Gasteiger partial charge is 0.331 e. The highest BCUT2D eigenvalue weighted by Gasteiger charge is 2.41. The van der Waals surface area contributed by atoms with Gasteiger partial charge >= 0.3 is 5.69 Å². The third kappa shape index (κ3) is 2.43. The van der Waals surface area contributed by atoms with E-state index >= 15 is 0 Å². The zero-order valence-electron chi connectivity index (χ0n) is 15.2. The summed E-state index contributed by atoms with van der Waals surface area (Å²) in [6.07, 6.45) is 4.09. The Morgan fingerprint density at radius 3 is 2.42 bits per heavy atom. The standard InChI is InChI=1S/C20H23N3O3/c1-21-16(13-17(24)22(2)19(21)26)18(25)23-11-9-20(10-12-23)8-7-14-5-3-4-6-15(14)20/h3-6,13H,7-12H2,1-2H3. The van der Waals surface area contributed by atoms with E-state index in [0.717, 1.165) is 30.3 Å². The monoisotopic (exact) mass is 353 g/mol. The fourth-order valence-corrected chi connectivity index (χ4v) is 4.52. The highest BCUT2D eigenvalue weighted by atomic mass is 16.2. The number of benzene rings is 1. The van der Waals surface area contributed by atoms with Crippen LogP contribution >= 0.6 is 0 Å². The van der Waals surface area contributed by atoms with Gasteiger partial charge in [0, 0.05) is 33.3 Å². The van der Waals surface area contributed by atoms with Crippen molar-refractivity contribution in [2.45, 2.75) is 31.1 Å². The maximum Gasteiger partial charge on any atom is 0.331 e. The van der Waals surface area contributed by atoms with Crippen molar-refractivity contribution in [2.75, 3.05) is 13.1 Å². The van der Waals surface area contributed by atoms with Gasteiger partial charge in [-0.1, -0.05) is 24.3 Å². The largest absolute Gasteiger partial charge is 0.337 e. The minimum atomic E-state index is -0.473. The van der Waals surface area contributed by atoms with Crippen LogP contribution in [-0.4, -0.2) is 33.0 Å². The molecule has 1 spiro atoms. The zero-order chi connectivity index (χ0) is 18.5. The van der Waals surface area contributed by atoms with Gasteiger partial charge in [0.05, 0.1) is 0 Å². The minimum absolute atomic E-state index is 0.167. The number of aromatic nitrogens is 2. The van der Waals surface area contributed by atoms with Gasteiger partial charge in [-0.15, -0.1) is 0 Å². The molecule has 2 aromatic rings. The highest BCUT2D eigenvalue weighted by Crippen LogP contribution is 2.46. The summed E-state index contributed by atoms with van der Waals surface area (Å²) in [4.78, 5) is 38.7. The number of carbonyl (C=O) groups is 1. The molecule has 1 aliphatic heterocycles. The SMILES string of the molecule is Cn1c(C(=O)N2CCC3(CCc4ccccc43)CC2)cc(=O)n(C)c1=O. The molecule has 0 atom stereocenters. The van der Waals surface area contributed by atoms with Crippen LogP contribution in [0.25, 0.3) is 0 Å². The number of nitrogens with zero attached hydrogens (tertiary/aromatic N) is 3. The van der Waals surface area contributed by atoms with Crippen LogP contribution in [0.2, 0.25) is 0 Å². The molecule has 6 nitrogen and oxygen atoms in total. The average molecular weight is 353 g/mol. The molecule has 0 saturated carbocycles. The highest BCUT2D eigenvalue weighted by molar-refractivity contribution is 5.92. The van der Waals surface area contributed by atoms with Crippen molar-refractivity contribution in [2.24, 2.45) is 14.1 Å². The van der Waals surface area contributed by atoms with E-state index in [4.69, 9.17) is 0 Å². The minimum Gasteiger partial charge on any atom is -0.337 e. The number of aryl methyl sites for hydroxylation is 1. The maximum absolute atomic E-state index is 12.9. The summed E-state index contributed by atoms with van der Waals surface area (Å²) in [7, 11) is 2.95. The summed E-state index contributed by atoms with van der Waals surface area (Å²) in [5, 5.41) is 0. The second kappa shape index (κ2) is 5.97. The van der Waals surface area contributed by atoms with Gasteiger partial charge in [0.1, 0.15) is 5.69 Å². The molecule has 0 bridgehead atoms. The Morgan fingerprint density at radius 1 is 1.00 bits per heavy atom. The van der Waals surface area contributed by atoms with Gasteiger partial charge in [-0.05, 0) is 42.2 Å². The topological polar surface area (TPSA) is 64.3 Å². The Morgan fingerprint density at radius 2 is 1.69 bits per heavy atom. The lowest BCUT2D eigenvalue weighted by molar-refractivity contribution is 0.0654. The van der Waals surface area contributed by atoms with Crippen LogP contribution in [0.15, 0.2) is 39.9 Å². The van der Waals surface area contributed by atoms with Crippen LogP contribution in [0.1, 0.15) is 40.9 Å². The Labute approximate surface area is 151 Å². The fourth-order valence-electron chi connectivity index (χ4n) is 4.52. The van der Waals surface area contributed by atoms with Gasteiger partial charge in [-0.25, -0.2) is 4.79 Å². The predicted molar refractivity (Wildman–Crippen MR) is 98.5 cm³/mol. The van der Waals surface area contributed by atoms with E-state index in [1.54, 1.807) is 4.90 Å². The lowest BCUT2D eigenvalue weighted by atomic mass is 9.74. The number of hydrogen-bond donors (Lipinski definition) is 0. The molecule has 0 N–H and O–H groups in total. The molecule has 2 aliphatic rings. The average Bonchev–Trinajstić information content (AvgIpc) is 3.02. The summed E-state index contributed by atoms with van der Waals surface area (Å²) in [5.74, 6) is -0.233. The molecule has 136 valence electrons. The Balaban J connectivity index is 1.57.